The van der Waals surface area contributed by atoms with Crippen LogP contribution in [0.5, 0.6) is 11.5 Å². The van der Waals surface area contributed by atoms with E-state index >= 15 is 0 Å². The Balaban J connectivity index is 0.000000547. The normalized spacial score (nSPS) is 11.4. The van der Waals surface area contributed by atoms with Crippen LogP contribution >= 0.6 is 11.6 Å². The van der Waals surface area contributed by atoms with Crippen LogP contribution in [0.3, 0.4) is 0 Å². The smallest absolute Gasteiger partial charge is 0.328 e. The largest absolute Gasteiger partial charge is 0.611 e. The summed E-state index contributed by atoms with van der Waals surface area (Å²) < 4.78 is 18.5. The van der Waals surface area contributed by atoms with E-state index in [1.165, 1.54) is 0 Å². The van der Waals surface area contributed by atoms with Gasteiger partial charge in [-0.3, -0.25) is 0 Å². The van der Waals surface area contributed by atoms with Gasteiger partial charge in [0.05, 0.1) is 5.56 Å². The first kappa shape index (κ1) is 27.0. The van der Waals surface area contributed by atoms with Crippen molar-refractivity contribution in [2.75, 3.05) is 19.8 Å². The second-order valence-corrected chi connectivity index (χ2v) is 8.59. The minimum absolute atomic E-state index is 0.362. The van der Waals surface area contributed by atoms with Crippen LogP contribution in [0.1, 0.15) is 18.1 Å². The van der Waals surface area contributed by atoms with Crippen LogP contribution < -0.4 is 4.74 Å². The van der Waals surface area contributed by atoms with Crippen LogP contribution in [-0.2, 0) is 27.3 Å². The van der Waals surface area contributed by atoms with E-state index < -0.39 is 23.1 Å². The summed E-state index contributed by atoms with van der Waals surface area (Å²) in [6.45, 7) is 2.52. The Morgan fingerprint density at radius 3 is 2.31 bits per heavy atom. The van der Waals surface area contributed by atoms with E-state index in [9.17, 15) is 19.4 Å². The number of nitrogens with zero attached hydrogens (tertiary/aromatic N) is 2. The van der Waals surface area contributed by atoms with Gasteiger partial charge in [0.25, 0.3) is 0 Å². The lowest BCUT2D eigenvalue weighted by atomic mass is 10.2. The number of halogens is 1. The summed E-state index contributed by atoms with van der Waals surface area (Å²) in [5, 5.41) is 25.3. The summed E-state index contributed by atoms with van der Waals surface area (Å²) in [5.74, 6) is -1.17. The molecule has 0 saturated carbocycles. The van der Waals surface area contributed by atoms with Crippen LogP contribution in [0.2, 0.25) is 5.02 Å². The van der Waals surface area contributed by atoms with Crippen LogP contribution in [0.15, 0.2) is 53.4 Å². The van der Waals surface area contributed by atoms with E-state index in [0.29, 0.717) is 51.4 Å². The second kappa shape index (κ2) is 13.4. The number of hydrogen-bond donors (Lipinski definition) is 2. The third kappa shape index (κ3) is 8.99. The van der Waals surface area contributed by atoms with E-state index in [-0.39, 0.29) is 0 Å². The number of ether oxygens (including phenoxy) is 1. The summed E-state index contributed by atoms with van der Waals surface area (Å²) in [6, 6.07) is 12.5. The Bertz CT molecular complexity index is 1000. The first-order valence-electron chi connectivity index (χ1n) is 9.25. The molecule has 0 radical (unpaired) electrons. The molecule has 0 fully saturated rings. The van der Waals surface area contributed by atoms with Gasteiger partial charge in [0.1, 0.15) is 17.6 Å². The van der Waals surface area contributed by atoms with E-state index in [1.54, 1.807) is 24.3 Å². The molecular weight excluding hydrogens is 456 g/mol. The Labute approximate surface area is 194 Å². The highest BCUT2D eigenvalue weighted by Crippen LogP contribution is 2.35. The van der Waals surface area contributed by atoms with Crippen molar-refractivity contribution < 1.29 is 29.1 Å². The SMILES string of the molecule is CC[S+]([O-])c1c(CN(C)C)cccc1Oc1cc(Cl)ccc1C#N.O=C(O)C=CC(=O)O. The van der Waals surface area contributed by atoms with Crippen LogP contribution in [0.4, 0.5) is 0 Å². The molecule has 0 aliphatic carbocycles. The minimum atomic E-state index is -1.26. The molecule has 10 heteroatoms. The second-order valence-electron chi connectivity index (χ2n) is 6.48. The van der Waals surface area contributed by atoms with Gasteiger partial charge in [-0.1, -0.05) is 23.7 Å². The number of aliphatic carboxylic acids is 2. The standard InChI is InChI=1S/C18H19ClN2O2S.C4H4O4/c1-4-24(22)18-14(12-21(2)3)6-5-7-16(18)23-17-10-15(19)9-8-13(17)11-20;5-3(6)1-2-4(7)8/h5-10H,4,12H2,1-3H3;1-2H,(H,5,6)(H,7,8). The molecule has 2 rings (SSSR count). The molecule has 0 bridgehead atoms. The number of benzene rings is 2. The predicted octanol–water partition coefficient (Wildman–Crippen LogP) is 3.90. The summed E-state index contributed by atoms with van der Waals surface area (Å²) in [5.41, 5.74) is 1.32. The first-order valence-corrected chi connectivity index (χ1v) is 10.9. The highest BCUT2D eigenvalue weighted by Gasteiger charge is 2.22. The van der Waals surface area contributed by atoms with Gasteiger partial charge in [-0.2, -0.15) is 5.26 Å². The van der Waals surface area contributed by atoms with Gasteiger partial charge >= 0.3 is 11.9 Å². The quantitative estimate of drug-likeness (QED) is 0.431. The molecule has 0 spiro atoms. The number of carboxylic acid groups (broad SMARTS) is 2. The highest BCUT2D eigenvalue weighted by molar-refractivity contribution is 7.91. The minimum Gasteiger partial charge on any atom is -0.611 e. The maximum atomic E-state index is 12.6. The van der Waals surface area contributed by atoms with Crippen molar-refractivity contribution in [3.63, 3.8) is 0 Å². The number of carboxylic acids is 2. The third-order valence-corrected chi connectivity index (χ3v) is 5.37. The number of carbonyl (C=O) groups is 2. The topological polar surface area (TPSA) is 134 Å². The molecule has 0 aliphatic rings. The highest BCUT2D eigenvalue weighted by atomic mass is 35.5. The Hall–Kier alpha value is -3.03. The van der Waals surface area contributed by atoms with E-state index in [4.69, 9.17) is 26.6 Å². The molecular formula is C22H23ClN2O6S. The predicted molar refractivity (Wildman–Crippen MR) is 121 cm³/mol. The van der Waals surface area contributed by atoms with Crippen molar-refractivity contribution in [3.8, 4) is 17.6 Å². The monoisotopic (exact) mass is 478 g/mol. The Kier molecular flexibility index (Phi) is 11.3. The number of nitriles is 1. The zero-order chi connectivity index (χ0) is 24.3. The van der Waals surface area contributed by atoms with E-state index in [0.717, 1.165) is 5.56 Å². The average Bonchev–Trinajstić information content (AvgIpc) is 2.72. The molecule has 0 aliphatic heterocycles. The lowest BCUT2D eigenvalue weighted by molar-refractivity contribution is -0.134. The number of rotatable bonds is 8. The Morgan fingerprint density at radius 1 is 1.19 bits per heavy atom. The van der Waals surface area contributed by atoms with Crippen LogP contribution in [0, 0.1) is 11.3 Å². The van der Waals surface area contributed by atoms with Crippen molar-refractivity contribution in [1.82, 2.24) is 4.90 Å². The molecule has 170 valence electrons. The fourth-order valence-corrected chi connectivity index (χ4v) is 3.65. The van der Waals surface area contributed by atoms with Gasteiger partial charge < -0.3 is 24.4 Å². The molecule has 2 N–H and O–H groups in total. The molecule has 0 aromatic heterocycles. The summed E-state index contributed by atoms with van der Waals surface area (Å²) in [7, 11) is 3.91. The fraction of sp³-hybridized carbons (Fsp3) is 0.227. The molecule has 0 heterocycles. The van der Waals surface area contributed by atoms with E-state index in [2.05, 4.69) is 6.07 Å². The maximum Gasteiger partial charge on any atom is 0.328 e. The molecule has 2 aromatic carbocycles. The lowest BCUT2D eigenvalue weighted by Crippen LogP contribution is -2.16. The molecule has 32 heavy (non-hydrogen) atoms. The molecule has 0 amide bonds. The molecule has 0 saturated heterocycles. The summed E-state index contributed by atoms with van der Waals surface area (Å²) in [4.78, 5) is 21.8. The Morgan fingerprint density at radius 2 is 1.81 bits per heavy atom. The number of hydrogen-bond acceptors (Lipinski definition) is 6. The van der Waals surface area contributed by atoms with Gasteiger partial charge in [-0.25, -0.2) is 9.59 Å². The fourth-order valence-electron chi connectivity index (χ4n) is 2.44. The average molecular weight is 479 g/mol. The summed E-state index contributed by atoms with van der Waals surface area (Å²) in [6.07, 6.45) is 1.12. The van der Waals surface area contributed by atoms with Crippen LogP contribution in [-0.4, -0.2) is 51.5 Å². The maximum absolute atomic E-state index is 12.6. The lowest BCUT2D eigenvalue weighted by Gasteiger charge is -2.19. The molecule has 1 unspecified atom stereocenters. The van der Waals surface area contributed by atoms with Gasteiger partial charge in [0.2, 0.25) is 0 Å². The van der Waals surface area contributed by atoms with E-state index in [1.807, 2.05) is 38.1 Å². The van der Waals surface area contributed by atoms with Gasteiger partial charge in [0, 0.05) is 35.3 Å². The van der Waals surface area contributed by atoms with Gasteiger partial charge in [-0.05, 0) is 50.4 Å². The van der Waals surface area contributed by atoms with Crippen molar-refractivity contribution in [2.45, 2.75) is 18.4 Å². The zero-order valence-corrected chi connectivity index (χ0v) is 19.3. The molecule has 1 atom stereocenters. The van der Waals surface area contributed by atoms with Crippen molar-refractivity contribution in [2.24, 2.45) is 0 Å². The van der Waals surface area contributed by atoms with Crippen molar-refractivity contribution in [3.05, 3.63) is 64.7 Å². The first-order chi connectivity index (χ1) is 15.1. The molecule has 2 aromatic rings. The van der Waals surface area contributed by atoms with Gasteiger partial charge in [0.15, 0.2) is 10.6 Å². The van der Waals surface area contributed by atoms with Crippen molar-refractivity contribution >= 4 is 34.7 Å². The van der Waals surface area contributed by atoms with Crippen LogP contribution in [0.25, 0.3) is 0 Å². The third-order valence-electron chi connectivity index (χ3n) is 3.69. The van der Waals surface area contributed by atoms with Crippen molar-refractivity contribution in [1.29, 1.82) is 5.26 Å². The summed E-state index contributed by atoms with van der Waals surface area (Å²) >= 11 is 4.83. The van der Waals surface area contributed by atoms with Gasteiger partial charge in [-0.15, -0.1) is 0 Å². The molecule has 8 nitrogen and oxygen atoms in total. The zero-order valence-electron chi connectivity index (χ0n) is 17.7.